The summed E-state index contributed by atoms with van der Waals surface area (Å²) >= 11 is 0. The molecule has 1 N–H and O–H groups in total. The number of aryl methyl sites for hydroxylation is 1. The van der Waals surface area contributed by atoms with E-state index < -0.39 is 0 Å². The smallest absolute Gasteiger partial charge is 0.123 e. The van der Waals surface area contributed by atoms with Crippen LogP contribution in [0.25, 0.3) is 10.9 Å². The van der Waals surface area contributed by atoms with Crippen molar-refractivity contribution in [2.24, 2.45) is 0 Å². The molecule has 118 valence electrons. The summed E-state index contributed by atoms with van der Waals surface area (Å²) in [5.74, 6) is 1.07. The molecular formula is C18H19FN4. The van der Waals surface area contributed by atoms with Crippen LogP contribution in [0.2, 0.25) is 0 Å². The van der Waals surface area contributed by atoms with Crippen molar-refractivity contribution in [3.8, 4) is 0 Å². The monoisotopic (exact) mass is 310 g/mol. The Morgan fingerprint density at radius 1 is 1.22 bits per heavy atom. The summed E-state index contributed by atoms with van der Waals surface area (Å²) in [6.45, 7) is 3.93. The quantitative estimate of drug-likeness (QED) is 0.790. The number of hydrogen-bond acceptors (Lipinski definition) is 2. The van der Waals surface area contributed by atoms with Crippen LogP contribution in [0.4, 0.5) is 4.39 Å². The van der Waals surface area contributed by atoms with Crippen molar-refractivity contribution in [2.75, 3.05) is 6.54 Å². The first-order valence-corrected chi connectivity index (χ1v) is 8.32. The van der Waals surface area contributed by atoms with E-state index in [1.54, 1.807) is 6.07 Å². The summed E-state index contributed by atoms with van der Waals surface area (Å²) in [7, 11) is 0. The van der Waals surface area contributed by atoms with Gasteiger partial charge in [-0.1, -0.05) is 0 Å². The number of aromatic amines is 1. The Bertz CT molecular complexity index is 892. The van der Waals surface area contributed by atoms with Crippen LogP contribution in [0.5, 0.6) is 0 Å². The molecule has 0 fully saturated rings. The van der Waals surface area contributed by atoms with E-state index >= 15 is 0 Å². The maximum absolute atomic E-state index is 13.6. The summed E-state index contributed by atoms with van der Waals surface area (Å²) in [6, 6.07) is 5.03. The Morgan fingerprint density at radius 3 is 3.13 bits per heavy atom. The Balaban J connectivity index is 1.45. The van der Waals surface area contributed by atoms with Gasteiger partial charge in [0.25, 0.3) is 0 Å². The van der Waals surface area contributed by atoms with Crippen LogP contribution in [-0.4, -0.2) is 26.0 Å². The minimum atomic E-state index is -0.162. The summed E-state index contributed by atoms with van der Waals surface area (Å²) in [6.07, 6.45) is 5.33. The van der Waals surface area contributed by atoms with Gasteiger partial charge in [0.2, 0.25) is 0 Å². The number of nitrogens with one attached hydrogen (secondary N) is 1. The lowest BCUT2D eigenvalue weighted by Crippen LogP contribution is -2.30. The zero-order chi connectivity index (χ0) is 15.4. The van der Waals surface area contributed by atoms with Gasteiger partial charge in [0.1, 0.15) is 11.6 Å². The van der Waals surface area contributed by atoms with E-state index in [1.165, 1.54) is 35.3 Å². The fraction of sp³-hybridized carbons (Fsp3) is 0.389. The van der Waals surface area contributed by atoms with Gasteiger partial charge in [-0.25, -0.2) is 9.37 Å². The Hall–Kier alpha value is -2.14. The Labute approximate surface area is 133 Å². The molecule has 0 saturated heterocycles. The van der Waals surface area contributed by atoms with Gasteiger partial charge < -0.3 is 9.55 Å². The van der Waals surface area contributed by atoms with Crippen molar-refractivity contribution in [1.29, 1.82) is 0 Å². The number of fused-ring (bicyclic) bond motifs is 4. The first-order chi connectivity index (χ1) is 11.3. The fourth-order valence-corrected chi connectivity index (χ4v) is 4.05. The topological polar surface area (TPSA) is 36.9 Å². The SMILES string of the molecule is Fc1ccc2[nH]c3c(c2c1)CN(Cc1cnc2n1CCC2)CC3. The molecule has 3 aromatic rings. The molecule has 1 aromatic carbocycles. The van der Waals surface area contributed by atoms with Gasteiger partial charge in [-0.3, -0.25) is 4.90 Å². The number of benzene rings is 1. The first-order valence-electron chi connectivity index (χ1n) is 8.32. The number of H-pyrrole nitrogens is 1. The zero-order valence-corrected chi connectivity index (χ0v) is 13.0. The van der Waals surface area contributed by atoms with Crippen molar-refractivity contribution in [1.82, 2.24) is 19.4 Å². The molecule has 23 heavy (non-hydrogen) atoms. The number of imidazole rings is 1. The van der Waals surface area contributed by atoms with Crippen LogP contribution >= 0.6 is 0 Å². The standard InChI is InChI=1S/C18H19FN4/c19-12-3-4-16-14(8-12)15-11-22(7-5-17(15)21-16)10-13-9-20-18-2-1-6-23(13)18/h3-4,8-9,21H,1-2,5-7,10-11H2. The van der Waals surface area contributed by atoms with Crippen molar-refractivity contribution in [3.05, 3.63) is 53.0 Å². The van der Waals surface area contributed by atoms with Crippen molar-refractivity contribution < 1.29 is 4.39 Å². The van der Waals surface area contributed by atoms with Gasteiger partial charge in [-0.15, -0.1) is 0 Å². The summed E-state index contributed by atoms with van der Waals surface area (Å²) in [4.78, 5) is 10.4. The van der Waals surface area contributed by atoms with Crippen LogP contribution in [0.1, 0.15) is 29.2 Å². The van der Waals surface area contributed by atoms with Crippen LogP contribution < -0.4 is 0 Å². The summed E-state index contributed by atoms with van der Waals surface area (Å²) in [5.41, 5.74) is 4.88. The van der Waals surface area contributed by atoms with Crippen LogP contribution in [0.3, 0.4) is 0 Å². The van der Waals surface area contributed by atoms with E-state index in [9.17, 15) is 4.39 Å². The highest BCUT2D eigenvalue weighted by Gasteiger charge is 2.23. The molecule has 0 aliphatic carbocycles. The highest BCUT2D eigenvalue weighted by Crippen LogP contribution is 2.29. The second-order valence-corrected chi connectivity index (χ2v) is 6.65. The molecule has 0 amide bonds. The molecule has 0 atom stereocenters. The van der Waals surface area contributed by atoms with Gasteiger partial charge in [0.05, 0.1) is 5.69 Å². The molecule has 2 aliphatic heterocycles. The molecule has 0 bridgehead atoms. The molecule has 4 heterocycles. The van der Waals surface area contributed by atoms with E-state index in [0.29, 0.717) is 0 Å². The Morgan fingerprint density at radius 2 is 2.17 bits per heavy atom. The molecule has 5 rings (SSSR count). The molecule has 4 nitrogen and oxygen atoms in total. The van der Waals surface area contributed by atoms with E-state index in [2.05, 4.69) is 19.4 Å². The lowest BCUT2D eigenvalue weighted by molar-refractivity contribution is 0.239. The van der Waals surface area contributed by atoms with Crippen molar-refractivity contribution in [2.45, 2.75) is 38.9 Å². The molecule has 0 unspecified atom stereocenters. The highest BCUT2D eigenvalue weighted by atomic mass is 19.1. The third-order valence-electron chi connectivity index (χ3n) is 5.20. The van der Waals surface area contributed by atoms with E-state index in [0.717, 1.165) is 49.9 Å². The molecule has 0 radical (unpaired) electrons. The number of halogens is 1. The lowest BCUT2D eigenvalue weighted by Gasteiger charge is -2.27. The normalized spacial score (nSPS) is 17.6. The van der Waals surface area contributed by atoms with Gasteiger partial charge in [-0.2, -0.15) is 0 Å². The molecular weight excluding hydrogens is 291 g/mol. The van der Waals surface area contributed by atoms with E-state index in [-0.39, 0.29) is 5.82 Å². The first kappa shape index (κ1) is 13.3. The van der Waals surface area contributed by atoms with Crippen LogP contribution in [0, 0.1) is 5.82 Å². The predicted octanol–water partition coefficient (Wildman–Crippen LogP) is 3.01. The maximum atomic E-state index is 13.6. The molecule has 5 heteroatoms. The zero-order valence-electron chi connectivity index (χ0n) is 13.0. The second-order valence-electron chi connectivity index (χ2n) is 6.65. The maximum Gasteiger partial charge on any atom is 0.123 e. The lowest BCUT2D eigenvalue weighted by atomic mass is 10.0. The number of aromatic nitrogens is 3. The van der Waals surface area contributed by atoms with Gasteiger partial charge >= 0.3 is 0 Å². The fourth-order valence-electron chi connectivity index (χ4n) is 4.05. The summed E-state index contributed by atoms with van der Waals surface area (Å²) in [5, 5.41) is 1.03. The highest BCUT2D eigenvalue weighted by molar-refractivity contribution is 5.84. The van der Waals surface area contributed by atoms with Crippen molar-refractivity contribution >= 4 is 10.9 Å². The largest absolute Gasteiger partial charge is 0.358 e. The van der Waals surface area contributed by atoms with Gasteiger partial charge in [0.15, 0.2) is 0 Å². The molecule has 0 spiro atoms. The third-order valence-corrected chi connectivity index (χ3v) is 5.20. The minimum Gasteiger partial charge on any atom is -0.358 e. The van der Waals surface area contributed by atoms with E-state index in [4.69, 9.17) is 0 Å². The number of nitrogens with zero attached hydrogens (tertiary/aromatic N) is 3. The third kappa shape index (κ3) is 2.10. The average molecular weight is 310 g/mol. The van der Waals surface area contributed by atoms with Crippen molar-refractivity contribution in [3.63, 3.8) is 0 Å². The molecule has 2 aromatic heterocycles. The van der Waals surface area contributed by atoms with Crippen LogP contribution in [0.15, 0.2) is 24.4 Å². The number of rotatable bonds is 2. The average Bonchev–Trinajstić information content (AvgIpc) is 3.23. The van der Waals surface area contributed by atoms with Crippen LogP contribution in [-0.2, 0) is 32.5 Å². The predicted molar refractivity (Wildman–Crippen MR) is 86.6 cm³/mol. The van der Waals surface area contributed by atoms with Gasteiger partial charge in [0, 0.05) is 61.8 Å². The summed E-state index contributed by atoms with van der Waals surface area (Å²) < 4.78 is 16.0. The minimum absolute atomic E-state index is 0.162. The molecule has 0 saturated carbocycles. The Kier molecular flexibility index (Phi) is 2.85. The van der Waals surface area contributed by atoms with E-state index in [1.807, 2.05) is 12.3 Å². The number of hydrogen-bond donors (Lipinski definition) is 1. The van der Waals surface area contributed by atoms with Gasteiger partial charge in [-0.05, 0) is 30.2 Å². The molecule has 2 aliphatic rings. The second kappa shape index (κ2) is 4.93.